The lowest BCUT2D eigenvalue weighted by atomic mass is 10.1. The predicted octanol–water partition coefficient (Wildman–Crippen LogP) is 4.39. The summed E-state index contributed by atoms with van der Waals surface area (Å²) in [6.07, 6.45) is 3.22. The SMILES string of the molecule is CC(C)CCCCOC(=O)Cc1ccc(F)c(Cl)c1. The molecule has 0 N–H and O–H groups in total. The van der Waals surface area contributed by atoms with E-state index in [9.17, 15) is 9.18 Å². The van der Waals surface area contributed by atoms with Crippen LogP contribution in [0.2, 0.25) is 5.02 Å². The van der Waals surface area contributed by atoms with Gasteiger partial charge in [0.2, 0.25) is 0 Å². The molecule has 0 fully saturated rings. The third-order valence-corrected chi connectivity index (χ3v) is 3.06. The molecule has 0 aliphatic rings. The number of benzene rings is 1. The molecule has 0 radical (unpaired) electrons. The van der Waals surface area contributed by atoms with Gasteiger partial charge < -0.3 is 4.74 Å². The first kappa shape index (κ1) is 16.0. The van der Waals surface area contributed by atoms with Gasteiger partial charge in [0.25, 0.3) is 0 Å². The Balaban J connectivity index is 2.25. The molecule has 1 rings (SSSR count). The Morgan fingerprint density at radius 1 is 1.37 bits per heavy atom. The zero-order valence-corrected chi connectivity index (χ0v) is 12.2. The molecule has 2 nitrogen and oxygen atoms in total. The Morgan fingerprint density at radius 2 is 2.11 bits per heavy atom. The van der Waals surface area contributed by atoms with Crippen molar-refractivity contribution in [2.24, 2.45) is 5.92 Å². The molecular weight excluding hydrogens is 267 g/mol. The van der Waals surface area contributed by atoms with E-state index in [-0.39, 0.29) is 17.4 Å². The molecular formula is C15H20ClFO2. The normalized spacial score (nSPS) is 10.8. The summed E-state index contributed by atoms with van der Waals surface area (Å²) in [6, 6.07) is 4.26. The highest BCUT2D eigenvalue weighted by atomic mass is 35.5. The number of carbonyl (C=O) groups is 1. The number of hydrogen-bond donors (Lipinski definition) is 0. The van der Waals surface area contributed by atoms with Gasteiger partial charge in [-0.05, 0) is 36.5 Å². The van der Waals surface area contributed by atoms with E-state index < -0.39 is 5.82 Å². The summed E-state index contributed by atoms with van der Waals surface area (Å²) in [6.45, 7) is 4.79. The smallest absolute Gasteiger partial charge is 0.310 e. The summed E-state index contributed by atoms with van der Waals surface area (Å²) in [5.74, 6) is -0.100. The molecule has 0 amide bonds. The molecule has 1 aromatic rings. The quantitative estimate of drug-likeness (QED) is 0.549. The number of rotatable bonds is 7. The number of esters is 1. The second kappa shape index (κ2) is 8.16. The van der Waals surface area contributed by atoms with E-state index in [1.807, 2.05) is 0 Å². The lowest BCUT2D eigenvalue weighted by molar-refractivity contribution is -0.142. The Hall–Kier alpha value is -1.09. The Labute approximate surface area is 118 Å². The van der Waals surface area contributed by atoms with Gasteiger partial charge in [-0.2, -0.15) is 0 Å². The highest BCUT2D eigenvalue weighted by molar-refractivity contribution is 6.30. The fourth-order valence-electron chi connectivity index (χ4n) is 1.71. The van der Waals surface area contributed by atoms with Crippen LogP contribution in [0, 0.1) is 11.7 Å². The maximum atomic E-state index is 12.9. The summed E-state index contributed by atoms with van der Waals surface area (Å²) in [5.41, 5.74) is 0.665. The van der Waals surface area contributed by atoms with Crippen LogP contribution in [-0.4, -0.2) is 12.6 Å². The van der Waals surface area contributed by atoms with Crippen LogP contribution >= 0.6 is 11.6 Å². The number of unbranched alkanes of at least 4 members (excludes halogenated alkanes) is 1. The lowest BCUT2D eigenvalue weighted by Gasteiger charge is -2.06. The van der Waals surface area contributed by atoms with Gasteiger partial charge in [0.15, 0.2) is 0 Å². The predicted molar refractivity (Wildman–Crippen MR) is 74.8 cm³/mol. The van der Waals surface area contributed by atoms with Crippen molar-refractivity contribution in [2.45, 2.75) is 39.5 Å². The van der Waals surface area contributed by atoms with E-state index in [1.165, 1.54) is 12.1 Å². The van der Waals surface area contributed by atoms with E-state index in [1.54, 1.807) is 6.07 Å². The van der Waals surface area contributed by atoms with Crippen LogP contribution in [0.4, 0.5) is 4.39 Å². The fraction of sp³-hybridized carbons (Fsp3) is 0.533. The third-order valence-electron chi connectivity index (χ3n) is 2.77. The van der Waals surface area contributed by atoms with Gasteiger partial charge >= 0.3 is 5.97 Å². The zero-order valence-electron chi connectivity index (χ0n) is 11.4. The lowest BCUT2D eigenvalue weighted by Crippen LogP contribution is -2.09. The molecule has 4 heteroatoms. The number of carbonyl (C=O) groups excluding carboxylic acids is 1. The van der Waals surface area contributed by atoms with Crippen molar-refractivity contribution in [1.29, 1.82) is 0 Å². The second-order valence-corrected chi connectivity index (χ2v) is 5.44. The molecule has 0 aromatic heterocycles. The first-order chi connectivity index (χ1) is 8.99. The number of ether oxygens (including phenoxy) is 1. The van der Waals surface area contributed by atoms with Gasteiger partial charge in [0.1, 0.15) is 5.82 Å². The van der Waals surface area contributed by atoms with Gasteiger partial charge in [0, 0.05) is 0 Å². The minimum atomic E-state index is -0.479. The number of halogens is 2. The van der Waals surface area contributed by atoms with Crippen LogP contribution in [0.25, 0.3) is 0 Å². The molecule has 0 aliphatic carbocycles. The van der Waals surface area contributed by atoms with E-state index in [4.69, 9.17) is 16.3 Å². The van der Waals surface area contributed by atoms with Crippen LogP contribution in [-0.2, 0) is 16.0 Å². The van der Waals surface area contributed by atoms with Gasteiger partial charge in [-0.3, -0.25) is 4.79 Å². The molecule has 0 bridgehead atoms. The van der Waals surface area contributed by atoms with Crippen LogP contribution in [0.15, 0.2) is 18.2 Å². The minimum Gasteiger partial charge on any atom is -0.465 e. The monoisotopic (exact) mass is 286 g/mol. The van der Waals surface area contributed by atoms with E-state index in [2.05, 4.69) is 13.8 Å². The van der Waals surface area contributed by atoms with E-state index >= 15 is 0 Å². The molecule has 0 saturated heterocycles. The van der Waals surface area contributed by atoms with Crippen molar-refractivity contribution in [2.75, 3.05) is 6.61 Å². The molecule has 106 valence electrons. The van der Waals surface area contributed by atoms with Crippen molar-refractivity contribution in [1.82, 2.24) is 0 Å². The summed E-state index contributed by atoms with van der Waals surface area (Å²) in [7, 11) is 0. The molecule has 0 atom stereocenters. The summed E-state index contributed by atoms with van der Waals surface area (Å²) in [5, 5.41) is 0.0298. The molecule has 1 aromatic carbocycles. The van der Waals surface area contributed by atoms with Crippen LogP contribution in [0.1, 0.15) is 38.7 Å². The van der Waals surface area contributed by atoms with Crippen molar-refractivity contribution >= 4 is 17.6 Å². The van der Waals surface area contributed by atoms with Crippen LogP contribution in [0.5, 0.6) is 0 Å². The molecule has 0 aliphatic heterocycles. The Kier molecular flexibility index (Phi) is 6.85. The number of hydrogen-bond acceptors (Lipinski definition) is 2. The largest absolute Gasteiger partial charge is 0.465 e. The maximum absolute atomic E-state index is 12.9. The molecule has 0 spiro atoms. The second-order valence-electron chi connectivity index (χ2n) is 5.04. The van der Waals surface area contributed by atoms with E-state index in [0.29, 0.717) is 18.1 Å². The highest BCUT2D eigenvalue weighted by Gasteiger charge is 2.07. The van der Waals surface area contributed by atoms with Crippen molar-refractivity contribution in [3.63, 3.8) is 0 Å². The summed E-state index contributed by atoms with van der Waals surface area (Å²) in [4.78, 5) is 11.5. The van der Waals surface area contributed by atoms with Crippen molar-refractivity contribution in [3.05, 3.63) is 34.6 Å². The molecule has 19 heavy (non-hydrogen) atoms. The fourth-order valence-corrected chi connectivity index (χ4v) is 1.91. The van der Waals surface area contributed by atoms with Gasteiger partial charge in [-0.1, -0.05) is 37.9 Å². The average molecular weight is 287 g/mol. The van der Waals surface area contributed by atoms with Crippen LogP contribution < -0.4 is 0 Å². The first-order valence-electron chi connectivity index (χ1n) is 6.58. The van der Waals surface area contributed by atoms with Crippen LogP contribution in [0.3, 0.4) is 0 Å². The van der Waals surface area contributed by atoms with Crippen molar-refractivity contribution in [3.8, 4) is 0 Å². The van der Waals surface area contributed by atoms with Gasteiger partial charge in [-0.25, -0.2) is 4.39 Å². The van der Waals surface area contributed by atoms with Gasteiger partial charge in [0.05, 0.1) is 18.1 Å². The average Bonchev–Trinajstić information content (AvgIpc) is 2.33. The minimum absolute atomic E-state index is 0.0298. The third kappa shape index (κ3) is 6.58. The molecule has 0 heterocycles. The van der Waals surface area contributed by atoms with Crippen molar-refractivity contribution < 1.29 is 13.9 Å². The zero-order chi connectivity index (χ0) is 14.3. The highest BCUT2D eigenvalue weighted by Crippen LogP contribution is 2.16. The first-order valence-corrected chi connectivity index (χ1v) is 6.96. The molecule has 0 unspecified atom stereocenters. The molecule has 0 saturated carbocycles. The van der Waals surface area contributed by atoms with E-state index in [0.717, 1.165) is 19.3 Å². The Morgan fingerprint density at radius 3 is 2.74 bits per heavy atom. The van der Waals surface area contributed by atoms with Gasteiger partial charge in [-0.15, -0.1) is 0 Å². The Bertz CT molecular complexity index is 419. The topological polar surface area (TPSA) is 26.3 Å². The standard InChI is InChI=1S/C15H20ClFO2/c1-11(2)5-3-4-8-19-15(18)10-12-6-7-14(17)13(16)9-12/h6-7,9,11H,3-5,8,10H2,1-2H3. The summed E-state index contributed by atoms with van der Waals surface area (Å²) >= 11 is 5.65. The summed E-state index contributed by atoms with van der Waals surface area (Å²) < 4.78 is 18.1. The maximum Gasteiger partial charge on any atom is 0.310 e.